The molecule has 0 spiro atoms. The zero-order valence-electron chi connectivity index (χ0n) is 9.72. The Kier molecular flexibility index (Phi) is 3.59. The molecule has 3 nitrogen and oxygen atoms in total. The quantitative estimate of drug-likeness (QED) is 0.886. The predicted octanol–water partition coefficient (Wildman–Crippen LogP) is 3.04. The number of nitrogens with zero attached hydrogens (tertiary/aromatic N) is 2. The normalized spacial score (nSPS) is 9.22. The van der Waals surface area contributed by atoms with Gasteiger partial charge in [-0.2, -0.15) is 10.5 Å². The van der Waals surface area contributed by atoms with Gasteiger partial charge < -0.3 is 5.32 Å². The van der Waals surface area contributed by atoms with Crippen LogP contribution in [0.1, 0.15) is 16.7 Å². The molecule has 2 aromatic carbocycles. The van der Waals surface area contributed by atoms with Crippen molar-refractivity contribution in [1.29, 1.82) is 10.5 Å². The molecule has 0 saturated heterocycles. The van der Waals surface area contributed by atoms with Crippen molar-refractivity contribution in [2.45, 2.75) is 6.54 Å². The first-order chi connectivity index (χ1) is 8.85. The lowest BCUT2D eigenvalue weighted by Crippen LogP contribution is -2.02. The topological polar surface area (TPSA) is 59.6 Å². The fourth-order valence-electron chi connectivity index (χ4n) is 1.71. The van der Waals surface area contributed by atoms with Crippen LogP contribution in [-0.4, -0.2) is 0 Å². The second-order valence-corrected chi connectivity index (χ2v) is 3.78. The van der Waals surface area contributed by atoms with Crippen molar-refractivity contribution in [3.8, 4) is 12.1 Å². The van der Waals surface area contributed by atoms with E-state index in [2.05, 4.69) is 17.5 Å². The van der Waals surface area contributed by atoms with Crippen LogP contribution in [0.25, 0.3) is 0 Å². The summed E-state index contributed by atoms with van der Waals surface area (Å²) in [5.74, 6) is 0. The maximum Gasteiger partial charge on any atom is 0.101 e. The van der Waals surface area contributed by atoms with Crippen molar-refractivity contribution in [2.24, 2.45) is 0 Å². The lowest BCUT2D eigenvalue weighted by Gasteiger charge is -2.09. The van der Waals surface area contributed by atoms with Crippen molar-refractivity contribution < 1.29 is 0 Å². The molecule has 1 N–H and O–H groups in total. The average molecular weight is 233 g/mol. The van der Waals surface area contributed by atoms with Gasteiger partial charge in [0.05, 0.1) is 22.9 Å². The van der Waals surface area contributed by atoms with Gasteiger partial charge in [0, 0.05) is 6.54 Å². The second-order valence-electron chi connectivity index (χ2n) is 3.78. The first-order valence-corrected chi connectivity index (χ1v) is 5.56. The smallest absolute Gasteiger partial charge is 0.101 e. The molecule has 0 amide bonds. The van der Waals surface area contributed by atoms with Crippen LogP contribution in [0.2, 0.25) is 0 Å². The van der Waals surface area contributed by atoms with E-state index in [-0.39, 0.29) is 0 Å². The van der Waals surface area contributed by atoms with E-state index in [1.165, 1.54) is 0 Å². The molecule has 0 aromatic heterocycles. The van der Waals surface area contributed by atoms with Crippen molar-refractivity contribution in [3.63, 3.8) is 0 Å². The molecule has 2 aromatic rings. The van der Waals surface area contributed by atoms with E-state index in [9.17, 15) is 0 Å². The Morgan fingerprint density at radius 3 is 2.17 bits per heavy atom. The molecule has 0 saturated carbocycles. The first kappa shape index (κ1) is 11.7. The maximum absolute atomic E-state index is 8.99. The van der Waals surface area contributed by atoms with Crippen LogP contribution in [0.5, 0.6) is 0 Å². The summed E-state index contributed by atoms with van der Waals surface area (Å²) >= 11 is 0. The van der Waals surface area contributed by atoms with Crippen LogP contribution < -0.4 is 5.32 Å². The summed E-state index contributed by atoms with van der Waals surface area (Å²) in [4.78, 5) is 0. The number of hydrogen-bond donors (Lipinski definition) is 1. The zero-order valence-corrected chi connectivity index (χ0v) is 9.72. The highest BCUT2D eigenvalue weighted by atomic mass is 14.9. The summed E-state index contributed by atoms with van der Waals surface area (Å²) in [7, 11) is 0. The highest BCUT2D eigenvalue weighted by Gasteiger charge is 2.03. The number of anilines is 1. The molecule has 0 aliphatic rings. The minimum absolute atomic E-state index is 0.530. The molecular formula is C15H11N3. The van der Waals surface area contributed by atoms with Crippen LogP contribution in [0, 0.1) is 22.7 Å². The Hall–Kier alpha value is -2.78. The SMILES string of the molecule is N#Cc1ccccc1CNc1ccccc1C#N. The molecule has 0 fully saturated rings. The van der Waals surface area contributed by atoms with Crippen LogP contribution in [0.4, 0.5) is 5.69 Å². The second kappa shape index (κ2) is 5.52. The first-order valence-electron chi connectivity index (χ1n) is 5.56. The van der Waals surface area contributed by atoms with E-state index in [4.69, 9.17) is 10.5 Å². The molecular weight excluding hydrogens is 222 g/mol. The van der Waals surface area contributed by atoms with Gasteiger partial charge in [0.15, 0.2) is 0 Å². The molecule has 2 rings (SSSR count). The Bertz CT molecular complexity index is 575. The largest absolute Gasteiger partial charge is 0.380 e. The van der Waals surface area contributed by atoms with Crippen molar-refractivity contribution in [1.82, 2.24) is 0 Å². The van der Waals surface area contributed by atoms with Gasteiger partial charge in [-0.25, -0.2) is 0 Å². The molecule has 0 aliphatic heterocycles. The van der Waals surface area contributed by atoms with Gasteiger partial charge in [-0.1, -0.05) is 30.3 Å². The standard InChI is InChI=1S/C15H11N3/c16-9-12-5-1-2-7-14(12)11-18-15-8-4-3-6-13(15)10-17/h1-8,18H,11H2. The van der Waals surface area contributed by atoms with Gasteiger partial charge >= 0.3 is 0 Å². The van der Waals surface area contributed by atoms with Crippen LogP contribution in [-0.2, 0) is 6.54 Å². The number of nitrogens with one attached hydrogen (secondary N) is 1. The van der Waals surface area contributed by atoms with Gasteiger partial charge in [-0.15, -0.1) is 0 Å². The van der Waals surface area contributed by atoms with Gasteiger partial charge in [0.25, 0.3) is 0 Å². The molecule has 86 valence electrons. The molecule has 0 heterocycles. The molecule has 0 radical (unpaired) electrons. The molecule has 0 unspecified atom stereocenters. The zero-order chi connectivity index (χ0) is 12.8. The Balaban J connectivity index is 2.18. The molecule has 0 bridgehead atoms. The lowest BCUT2D eigenvalue weighted by molar-refractivity contribution is 1.13. The van der Waals surface area contributed by atoms with E-state index in [0.29, 0.717) is 17.7 Å². The summed E-state index contributed by atoms with van der Waals surface area (Å²) in [6.07, 6.45) is 0. The molecule has 3 heteroatoms. The van der Waals surface area contributed by atoms with E-state index in [0.717, 1.165) is 11.3 Å². The molecule has 0 aliphatic carbocycles. The van der Waals surface area contributed by atoms with Gasteiger partial charge in [-0.3, -0.25) is 0 Å². The van der Waals surface area contributed by atoms with Crippen molar-refractivity contribution in [2.75, 3.05) is 5.32 Å². The maximum atomic E-state index is 8.99. The third kappa shape index (κ3) is 2.48. The highest BCUT2D eigenvalue weighted by molar-refractivity contribution is 5.57. The number of benzene rings is 2. The summed E-state index contributed by atoms with van der Waals surface area (Å²) in [6, 6.07) is 19.0. The summed E-state index contributed by atoms with van der Waals surface area (Å²) in [6.45, 7) is 0.530. The molecule has 18 heavy (non-hydrogen) atoms. The van der Waals surface area contributed by atoms with Crippen LogP contribution >= 0.6 is 0 Å². The minimum Gasteiger partial charge on any atom is -0.380 e. The monoisotopic (exact) mass is 233 g/mol. The Labute approximate surface area is 106 Å². The summed E-state index contributed by atoms with van der Waals surface area (Å²) < 4.78 is 0. The van der Waals surface area contributed by atoms with Crippen molar-refractivity contribution in [3.05, 3.63) is 65.2 Å². The summed E-state index contributed by atoms with van der Waals surface area (Å²) in [5, 5.41) is 21.1. The number of hydrogen-bond acceptors (Lipinski definition) is 3. The fourth-order valence-corrected chi connectivity index (χ4v) is 1.71. The van der Waals surface area contributed by atoms with E-state index < -0.39 is 0 Å². The van der Waals surface area contributed by atoms with E-state index in [1.54, 1.807) is 12.1 Å². The van der Waals surface area contributed by atoms with E-state index >= 15 is 0 Å². The number of rotatable bonds is 3. The van der Waals surface area contributed by atoms with Gasteiger partial charge in [0.2, 0.25) is 0 Å². The third-order valence-electron chi connectivity index (χ3n) is 2.65. The van der Waals surface area contributed by atoms with Crippen LogP contribution in [0.3, 0.4) is 0 Å². The predicted molar refractivity (Wildman–Crippen MR) is 69.6 cm³/mol. The molecule has 0 atom stereocenters. The Morgan fingerprint density at radius 1 is 0.833 bits per heavy atom. The van der Waals surface area contributed by atoms with Crippen molar-refractivity contribution >= 4 is 5.69 Å². The third-order valence-corrected chi connectivity index (χ3v) is 2.65. The fraction of sp³-hybridized carbons (Fsp3) is 0.0667. The van der Waals surface area contributed by atoms with E-state index in [1.807, 2.05) is 36.4 Å². The number of para-hydroxylation sites is 1. The van der Waals surface area contributed by atoms with Gasteiger partial charge in [-0.05, 0) is 23.8 Å². The number of nitriles is 2. The average Bonchev–Trinajstić information content (AvgIpc) is 2.45. The highest BCUT2D eigenvalue weighted by Crippen LogP contribution is 2.16. The summed E-state index contributed by atoms with van der Waals surface area (Å²) in [5.41, 5.74) is 2.96. The van der Waals surface area contributed by atoms with Crippen LogP contribution in [0.15, 0.2) is 48.5 Å². The lowest BCUT2D eigenvalue weighted by atomic mass is 10.1. The minimum atomic E-state index is 0.530. The van der Waals surface area contributed by atoms with Gasteiger partial charge in [0.1, 0.15) is 6.07 Å². The Morgan fingerprint density at radius 2 is 1.44 bits per heavy atom.